The second-order valence-electron chi connectivity index (χ2n) is 6.34. The van der Waals surface area contributed by atoms with Crippen molar-refractivity contribution in [3.63, 3.8) is 0 Å². The Morgan fingerprint density at radius 2 is 1.27 bits per heavy atom. The van der Waals surface area contributed by atoms with Crippen molar-refractivity contribution in [1.29, 1.82) is 0 Å². The predicted octanol–water partition coefficient (Wildman–Crippen LogP) is 7.57. The van der Waals surface area contributed by atoms with Gasteiger partial charge < -0.3 is 4.42 Å². The summed E-state index contributed by atoms with van der Waals surface area (Å²) in [6, 6.07) is 30.9. The molecular weight excluding hydrogens is 340 g/mol. The molecule has 0 amide bonds. The number of hydrogen-bond acceptors (Lipinski definition) is 1. The van der Waals surface area contributed by atoms with Crippen LogP contribution in [0.5, 0.6) is 0 Å². The Morgan fingerprint density at radius 1 is 0.577 bits per heavy atom. The highest BCUT2D eigenvalue weighted by atomic mass is 35.5. The van der Waals surface area contributed by atoms with E-state index in [1.54, 1.807) is 0 Å². The van der Waals surface area contributed by atoms with Crippen LogP contribution in [-0.4, -0.2) is 0 Å². The Kier molecular flexibility index (Phi) is 3.55. The lowest BCUT2D eigenvalue weighted by Crippen LogP contribution is -1.80. The van der Waals surface area contributed by atoms with Gasteiger partial charge in [-0.25, -0.2) is 0 Å². The summed E-state index contributed by atoms with van der Waals surface area (Å²) in [5, 5.41) is 3.01. The molecule has 0 radical (unpaired) electrons. The maximum atomic E-state index is 6.30. The molecule has 5 aromatic rings. The molecule has 0 unspecified atom stereocenters. The molecule has 0 saturated carbocycles. The molecule has 4 aromatic carbocycles. The summed E-state index contributed by atoms with van der Waals surface area (Å²) in [5.74, 6) is 0. The molecule has 0 aliphatic carbocycles. The fraction of sp³-hybridized carbons (Fsp3) is 0. The second kappa shape index (κ2) is 6.05. The highest BCUT2D eigenvalue weighted by molar-refractivity contribution is 6.30. The molecule has 1 nitrogen and oxygen atoms in total. The van der Waals surface area contributed by atoms with Gasteiger partial charge in [-0.1, -0.05) is 84.4 Å². The Morgan fingerprint density at radius 3 is 2.08 bits per heavy atom. The van der Waals surface area contributed by atoms with Gasteiger partial charge in [-0.05, 0) is 34.9 Å². The van der Waals surface area contributed by atoms with Crippen LogP contribution in [0.3, 0.4) is 0 Å². The van der Waals surface area contributed by atoms with E-state index < -0.39 is 0 Å². The molecule has 0 N–H and O–H groups in total. The van der Waals surface area contributed by atoms with Crippen molar-refractivity contribution in [2.24, 2.45) is 0 Å². The minimum absolute atomic E-state index is 0.740. The summed E-state index contributed by atoms with van der Waals surface area (Å²) in [4.78, 5) is 0. The fourth-order valence-corrected chi connectivity index (χ4v) is 3.69. The van der Waals surface area contributed by atoms with Crippen LogP contribution in [0.1, 0.15) is 0 Å². The van der Waals surface area contributed by atoms with E-state index in [2.05, 4.69) is 60.7 Å². The van der Waals surface area contributed by atoms with Gasteiger partial charge in [0, 0.05) is 21.4 Å². The zero-order chi connectivity index (χ0) is 17.5. The summed E-state index contributed by atoms with van der Waals surface area (Å²) in [6.45, 7) is 0. The number of benzene rings is 4. The van der Waals surface area contributed by atoms with Gasteiger partial charge >= 0.3 is 0 Å². The first-order valence-electron chi connectivity index (χ1n) is 8.57. The normalized spacial score (nSPS) is 11.3. The summed E-state index contributed by atoms with van der Waals surface area (Å²) in [6.07, 6.45) is 0. The van der Waals surface area contributed by atoms with Crippen LogP contribution in [0, 0.1) is 0 Å². The van der Waals surface area contributed by atoms with Crippen molar-refractivity contribution in [3.05, 3.63) is 96.0 Å². The predicted molar refractivity (Wildman–Crippen MR) is 110 cm³/mol. The summed E-state index contributed by atoms with van der Waals surface area (Å²) < 4.78 is 6.30. The lowest BCUT2D eigenvalue weighted by atomic mass is 9.97. The Balaban J connectivity index is 1.84. The zero-order valence-electron chi connectivity index (χ0n) is 13.9. The van der Waals surface area contributed by atoms with Crippen LogP contribution in [0.2, 0.25) is 5.02 Å². The van der Waals surface area contributed by atoms with E-state index in [4.69, 9.17) is 16.0 Å². The van der Waals surface area contributed by atoms with Crippen molar-refractivity contribution in [2.45, 2.75) is 0 Å². The van der Waals surface area contributed by atoms with Gasteiger partial charge in [0.2, 0.25) is 0 Å². The number of furan rings is 1. The molecule has 2 heteroatoms. The average Bonchev–Trinajstić information content (AvgIpc) is 3.08. The molecular formula is C24H15ClO. The summed E-state index contributed by atoms with van der Waals surface area (Å²) in [5.41, 5.74) is 6.38. The quantitative estimate of drug-likeness (QED) is 0.318. The third-order valence-electron chi connectivity index (χ3n) is 4.76. The Labute approximate surface area is 156 Å². The molecule has 0 saturated heterocycles. The third kappa shape index (κ3) is 2.40. The summed E-state index contributed by atoms with van der Waals surface area (Å²) in [7, 11) is 0. The van der Waals surface area contributed by atoms with Crippen molar-refractivity contribution in [2.75, 3.05) is 0 Å². The summed E-state index contributed by atoms with van der Waals surface area (Å²) >= 11 is 6.06. The largest absolute Gasteiger partial charge is 0.455 e. The van der Waals surface area contributed by atoms with Crippen molar-refractivity contribution < 1.29 is 4.42 Å². The van der Waals surface area contributed by atoms with E-state index in [0.29, 0.717) is 0 Å². The van der Waals surface area contributed by atoms with E-state index >= 15 is 0 Å². The second-order valence-corrected chi connectivity index (χ2v) is 6.77. The molecule has 0 fully saturated rings. The van der Waals surface area contributed by atoms with Crippen LogP contribution in [-0.2, 0) is 0 Å². The molecule has 124 valence electrons. The maximum absolute atomic E-state index is 6.30. The van der Waals surface area contributed by atoms with E-state index in [1.165, 1.54) is 0 Å². The van der Waals surface area contributed by atoms with Gasteiger partial charge in [-0.3, -0.25) is 0 Å². The molecule has 0 spiro atoms. The third-order valence-corrected chi connectivity index (χ3v) is 5.01. The van der Waals surface area contributed by atoms with Gasteiger partial charge in [0.15, 0.2) is 0 Å². The van der Waals surface area contributed by atoms with Gasteiger partial charge in [0.1, 0.15) is 11.2 Å². The van der Waals surface area contributed by atoms with Gasteiger partial charge in [-0.2, -0.15) is 0 Å². The van der Waals surface area contributed by atoms with Crippen LogP contribution >= 0.6 is 11.6 Å². The van der Waals surface area contributed by atoms with Crippen LogP contribution in [0.15, 0.2) is 95.4 Å². The number of fused-ring (bicyclic) bond motifs is 3. The first-order chi connectivity index (χ1) is 12.8. The van der Waals surface area contributed by atoms with Gasteiger partial charge in [-0.15, -0.1) is 0 Å². The highest BCUT2D eigenvalue weighted by Gasteiger charge is 2.15. The monoisotopic (exact) mass is 354 g/mol. The number of para-hydroxylation sites is 1. The van der Waals surface area contributed by atoms with E-state index in [-0.39, 0.29) is 0 Å². The molecule has 1 heterocycles. The molecule has 0 aliphatic heterocycles. The van der Waals surface area contributed by atoms with E-state index in [1.807, 2.05) is 30.3 Å². The van der Waals surface area contributed by atoms with Gasteiger partial charge in [0.05, 0.1) is 0 Å². The van der Waals surface area contributed by atoms with Gasteiger partial charge in [0.25, 0.3) is 0 Å². The lowest BCUT2D eigenvalue weighted by molar-refractivity contribution is 0.670. The zero-order valence-corrected chi connectivity index (χ0v) is 14.7. The van der Waals surface area contributed by atoms with Crippen LogP contribution in [0.4, 0.5) is 0 Å². The molecule has 26 heavy (non-hydrogen) atoms. The standard InChI is InChI=1S/C24H15ClO/c25-18-14-12-17(13-15-18)19-8-5-11-22-23(19)21-10-4-9-20(24(21)26-22)16-6-2-1-3-7-16/h1-15H. The topological polar surface area (TPSA) is 13.1 Å². The minimum atomic E-state index is 0.740. The minimum Gasteiger partial charge on any atom is -0.455 e. The molecule has 1 aromatic heterocycles. The molecule has 0 bridgehead atoms. The fourth-order valence-electron chi connectivity index (χ4n) is 3.56. The van der Waals surface area contributed by atoms with E-state index in [9.17, 15) is 0 Å². The first kappa shape index (κ1) is 15.2. The van der Waals surface area contributed by atoms with E-state index in [0.717, 1.165) is 49.2 Å². The first-order valence-corrected chi connectivity index (χ1v) is 8.95. The molecule has 0 aliphatic rings. The van der Waals surface area contributed by atoms with Crippen molar-refractivity contribution in [1.82, 2.24) is 0 Å². The number of rotatable bonds is 2. The lowest BCUT2D eigenvalue weighted by Gasteiger charge is -2.04. The Bertz CT molecular complexity index is 1220. The van der Waals surface area contributed by atoms with Crippen LogP contribution < -0.4 is 0 Å². The number of hydrogen-bond donors (Lipinski definition) is 0. The number of halogens is 1. The average molecular weight is 355 g/mol. The Hall–Kier alpha value is -3.03. The molecule has 0 atom stereocenters. The SMILES string of the molecule is Clc1ccc(-c2cccc3oc4c(-c5ccccc5)cccc4c23)cc1. The van der Waals surface area contributed by atoms with Crippen molar-refractivity contribution in [3.8, 4) is 22.3 Å². The highest BCUT2D eigenvalue weighted by Crippen LogP contribution is 2.40. The maximum Gasteiger partial charge on any atom is 0.143 e. The van der Waals surface area contributed by atoms with Crippen LogP contribution in [0.25, 0.3) is 44.2 Å². The molecule has 5 rings (SSSR count). The smallest absolute Gasteiger partial charge is 0.143 e. The van der Waals surface area contributed by atoms with Crippen molar-refractivity contribution >= 4 is 33.5 Å².